The Morgan fingerprint density at radius 2 is 1.77 bits per heavy atom. The molecule has 0 aliphatic carbocycles. The molecule has 0 unspecified atom stereocenters. The first-order chi connectivity index (χ1) is 10.5. The second-order valence-electron chi connectivity index (χ2n) is 5.69. The normalized spacial score (nSPS) is 11.7. The van der Waals surface area contributed by atoms with Gasteiger partial charge in [0.1, 0.15) is 0 Å². The quantitative estimate of drug-likeness (QED) is 0.850. The Hall–Kier alpha value is -2.39. The van der Waals surface area contributed by atoms with E-state index in [1.165, 1.54) is 5.56 Å². The molecule has 0 aliphatic rings. The second-order valence-corrected chi connectivity index (χ2v) is 5.69. The average molecular weight is 295 g/mol. The standard InChI is InChI=1S/C19H21NO2/c1-14(19(21)22)11-16-5-4-6-18(12-16)17-9-7-15(8-10-17)13-20(2)3/h4-12H,13H2,1-3H3,(H,21,22)/b14-11+. The average Bonchev–Trinajstić information content (AvgIpc) is 2.47. The van der Waals surface area contributed by atoms with E-state index in [0.29, 0.717) is 5.57 Å². The van der Waals surface area contributed by atoms with Crippen molar-refractivity contribution >= 4 is 12.0 Å². The van der Waals surface area contributed by atoms with Gasteiger partial charge in [-0.15, -0.1) is 0 Å². The summed E-state index contributed by atoms with van der Waals surface area (Å²) in [5.41, 5.74) is 4.72. The van der Waals surface area contributed by atoms with E-state index < -0.39 is 5.97 Å². The van der Waals surface area contributed by atoms with Crippen LogP contribution in [0.25, 0.3) is 17.2 Å². The minimum Gasteiger partial charge on any atom is -0.478 e. The summed E-state index contributed by atoms with van der Waals surface area (Å²) in [4.78, 5) is 13.0. The van der Waals surface area contributed by atoms with E-state index in [9.17, 15) is 4.79 Å². The maximum absolute atomic E-state index is 10.9. The van der Waals surface area contributed by atoms with Gasteiger partial charge in [0.15, 0.2) is 0 Å². The van der Waals surface area contributed by atoms with Gasteiger partial charge in [-0.1, -0.05) is 42.5 Å². The highest BCUT2D eigenvalue weighted by Crippen LogP contribution is 2.22. The first-order valence-corrected chi connectivity index (χ1v) is 7.21. The molecule has 2 aromatic rings. The van der Waals surface area contributed by atoms with E-state index in [2.05, 4.69) is 43.3 Å². The van der Waals surface area contributed by atoms with Crippen LogP contribution in [0, 0.1) is 0 Å². The molecular weight excluding hydrogens is 274 g/mol. The largest absolute Gasteiger partial charge is 0.478 e. The molecule has 0 aliphatic heterocycles. The third-order valence-corrected chi connectivity index (χ3v) is 3.39. The highest BCUT2D eigenvalue weighted by atomic mass is 16.4. The Morgan fingerprint density at radius 1 is 1.09 bits per heavy atom. The van der Waals surface area contributed by atoms with E-state index >= 15 is 0 Å². The molecule has 0 fully saturated rings. The number of carboxylic acid groups (broad SMARTS) is 1. The Labute approximate surface area is 131 Å². The van der Waals surface area contributed by atoms with Gasteiger partial charge in [0, 0.05) is 12.1 Å². The van der Waals surface area contributed by atoms with Crippen LogP contribution >= 0.6 is 0 Å². The second kappa shape index (κ2) is 7.05. The number of benzene rings is 2. The zero-order chi connectivity index (χ0) is 16.1. The van der Waals surface area contributed by atoms with Crippen molar-refractivity contribution in [2.75, 3.05) is 14.1 Å². The topological polar surface area (TPSA) is 40.5 Å². The molecule has 0 bridgehead atoms. The lowest BCUT2D eigenvalue weighted by molar-refractivity contribution is -0.132. The number of rotatable bonds is 5. The van der Waals surface area contributed by atoms with Gasteiger partial charge in [-0.3, -0.25) is 0 Å². The van der Waals surface area contributed by atoms with Crippen LogP contribution in [-0.4, -0.2) is 30.1 Å². The number of hydrogen-bond donors (Lipinski definition) is 1. The third-order valence-electron chi connectivity index (χ3n) is 3.39. The fourth-order valence-corrected chi connectivity index (χ4v) is 2.29. The molecule has 3 nitrogen and oxygen atoms in total. The molecule has 0 saturated carbocycles. The van der Waals surface area contributed by atoms with Gasteiger partial charge in [-0.2, -0.15) is 0 Å². The molecule has 3 heteroatoms. The highest BCUT2D eigenvalue weighted by molar-refractivity contribution is 5.91. The molecule has 0 atom stereocenters. The Kier molecular flexibility index (Phi) is 5.12. The molecule has 0 radical (unpaired) electrons. The van der Waals surface area contributed by atoms with E-state index in [0.717, 1.165) is 23.2 Å². The Morgan fingerprint density at radius 3 is 2.36 bits per heavy atom. The monoisotopic (exact) mass is 295 g/mol. The summed E-state index contributed by atoms with van der Waals surface area (Å²) in [5.74, 6) is -0.890. The van der Waals surface area contributed by atoms with Crippen LogP contribution in [0.5, 0.6) is 0 Å². The summed E-state index contributed by atoms with van der Waals surface area (Å²) in [6.45, 7) is 2.52. The predicted octanol–water partition coefficient (Wildman–Crippen LogP) is 3.90. The summed E-state index contributed by atoms with van der Waals surface area (Å²) < 4.78 is 0. The molecule has 1 N–H and O–H groups in total. The summed E-state index contributed by atoms with van der Waals surface area (Å²) in [6.07, 6.45) is 1.69. The summed E-state index contributed by atoms with van der Waals surface area (Å²) in [5, 5.41) is 8.96. The fourth-order valence-electron chi connectivity index (χ4n) is 2.29. The van der Waals surface area contributed by atoms with E-state index in [-0.39, 0.29) is 0 Å². The van der Waals surface area contributed by atoms with Crippen LogP contribution in [0.3, 0.4) is 0 Å². The van der Waals surface area contributed by atoms with Gasteiger partial charge < -0.3 is 10.0 Å². The van der Waals surface area contributed by atoms with Crippen molar-refractivity contribution in [1.82, 2.24) is 4.90 Å². The summed E-state index contributed by atoms with van der Waals surface area (Å²) in [6, 6.07) is 16.4. The van der Waals surface area contributed by atoms with Gasteiger partial charge >= 0.3 is 5.97 Å². The van der Waals surface area contributed by atoms with Crippen LogP contribution in [0.15, 0.2) is 54.1 Å². The van der Waals surface area contributed by atoms with E-state index in [1.54, 1.807) is 13.0 Å². The first kappa shape index (κ1) is 16.0. The minimum atomic E-state index is -0.890. The number of carbonyl (C=O) groups is 1. The molecule has 0 amide bonds. The molecule has 0 saturated heterocycles. The summed E-state index contributed by atoms with van der Waals surface area (Å²) >= 11 is 0. The van der Waals surface area contributed by atoms with Crippen LogP contribution < -0.4 is 0 Å². The van der Waals surface area contributed by atoms with Crippen LogP contribution in [0.1, 0.15) is 18.1 Å². The third kappa shape index (κ3) is 4.30. The Bertz CT molecular complexity index is 685. The molecule has 114 valence electrons. The van der Waals surface area contributed by atoms with Gasteiger partial charge in [-0.25, -0.2) is 4.79 Å². The van der Waals surface area contributed by atoms with Gasteiger partial charge in [0.2, 0.25) is 0 Å². The maximum Gasteiger partial charge on any atom is 0.331 e. The number of aliphatic carboxylic acids is 1. The predicted molar refractivity (Wildman–Crippen MR) is 90.6 cm³/mol. The SMILES string of the molecule is C/C(=C\c1cccc(-c2ccc(CN(C)C)cc2)c1)C(=O)O. The van der Waals surface area contributed by atoms with Crippen molar-refractivity contribution in [3.05, 3.63) is 65.2 Å². The molecule has 0 spiro atoms. The number of hydrogen-bond acceptors (Lipinski definition) is 2. The van der Waals surface area contributed by atoms with Crippen molar-refractivity contribution in [3.8, 4) is 11.1 Å². The minimum absolute atomic E-state index is 0.332. The highest BCUT2D eigenvalue weighted by Gasteiger charge is 2.03. The van der Waals surface area contributed by atoms with Crippen molar-refractivity contribution in [1.29, 1.82) is 0 Å². The van der Waals surface area contributed by atoms with Gasteiger partial charge in [0.25, 0.3) is 0 Å². The Balaban J connectivity index is 2.26. The first-order valence-electron chi connectivity index (χ1n) is 7.21. The zero-order valence-electron chi connectivity index (χ0n) is 13.2. The van der Waals surface area contributed by atoms with Crippen molar-refractivity contribution in [3.63, 3.8) is 0 Å². The molecule has 22 heavy (non-hydrogen) atoms. The molecule has 2 rings (SSSR count). The molecule has 2 aromatic carbocycles. The smallest absolute Gasteiger partial charge is 0.331 e. The van der Waals surface area contributed by atoms with Crippen LogP contribution in [0.2, 0.25) is 0 Å². The molecule has 0 aromatic heterocycles. The van der Waals surface area contributed by atoms with Crippen LogP contribution in [0.4, 0.5) is 0 Å². The lowest BCUT2D eigenvalue weighted by Gasteiger charge is -2.10. The maximum atomic E-state index is 10.9. The molecular formula is C19H21NO2. The van der Waals surface area contributed by atoms with Crippen molar-refractivity contribution < 1.29 is 9.90 Å². The van der Waals surface area contributed by atoms with Crippen molar-refractivity contribution in [2.45, 2.75) is 13.5 Å². The van der Waals surface area contributed by atoms with Crippen molar-refractivity contribution in [2.24, 2.45) is 0 Å². The lowest BCUT2D eigenvalue weighted by atomic mass is 10.0. The zero-order valence-corrected chi connectivity index (χ0v) is 13.2. The summed E-state index contributed by atoms with van der Waals surface area (Å²) in [7, 11) is 4.10. The number of nitrogens with zero attached hydrogens (tertiary/aromatic N) is 1. The van der Waals surface area contributed by atoms with E-state index in [4.69, 9.17) is 5.11 Å². The lowest BCUT2D eigenvalue weighted by Crippen LogP contribution is -2.10. The van der Waals surface area contributed by atoms with Crippen LogP contribution in [-0.2, 0) is 11.3 Å². The fraction of sp³-hybridized carbons (Fsp3) is 0.211. The van der Waals surface area contributed by atoms with Gasteiger partial charge in [-0.05, 0) is 55.4 Å². The van der Waals surface area contributed by atoms with E-state index in [1.807, 2.05) is 24.3 Å². The molecule has 0 heterocycles. The van der Waals surface area contributed by atoms with Gasteiger partial charge in [0.05, 0.1) is 0 Å². The number of carboxylic acids is 1.